The molecule has 1 heterocycles. The summed E-state index contributed by atoms with van der Waals surface area (Å²) >= 11 is 5.74. The molecule has 0 aromatic heterocycles. The van der Waals surface area contributed by atoms with Gasteiger partial charge < -0.3 is 19.2 Å². The molecule has 0 saturated carbocycles. The Labute approximate surface area is 163 Å². The number of carbonyl (C=O) groups is 2. The van der Waals surface area contributed by atoms with Crippen LogP contribution in [0.1, 0.15) is 48.0 Å². The van der Waals surface area contributed by atoms with Gasteiger partial charge in [0, 0.05) is 6.42 Å². The van der Waals surface area contributed by atoms with Crippen molar-refractivity contribution in [3.8, 4) is 0 Å². The summed E-state index contributed by atoms with van der Waals surface area (Å²) in [5, 5.41) is 9.98. The van der Waals surface area contributed by atoms with Crippen LogP contribution in [-0.4, -0.2) is 68.0 Å². The standard InChI is InChI=1S/C18H34ClNO5Si/c1-11(2)26(12(3)4,13(5)6)25-16-8-14(18(23)24-7)20(15(16)10-21)17(22)9-19/h11-16,21H,8-10H2,1-7H3/t14-,15-,16-/m0/s1. The Morgan fingerprint density at radius 2 is 1.65 bits per heavy atom. The van der Waals surface area contributed by atoms with Gasteiger partial charge in [-0.1, -0.05) is 41.5 Å². The van der Waals surface area contributed by atoms with Crippen LogP contribution in [-0.2, 0) is 18.8 Å². The lowest BCUT2D eigenvalue weighted by Gasteiger charge is -2.45. The molecule has 26 heavy (non-hydrogen) atoms. The SMILES string of the molecule is COC(=O)[C@@H]1C[C@H](O[Si](C(C)C)(C(C)C)C(C)C)[C@H](CO)N1C(=O)CCl. The Morgan fingerprint density at radius 1 is 1.15 bits per heavy atom. The van der Waals surface area contributed by atoms with E-state index in [1.807, 2.05) is 0 Å². The summed E-state index contributed by atoms with van der Waals surface area (Å²) in [7, 11) is -0.939. The fourth-order valence-electron chi connectivity index (χ4n) is 4.68. The van der Waals surface area contributed by atoms with E-state index in [1.165, 1.54) is 12.0 Å². The Kier molecular flexibility index (Phi) is 8.58. The fourth-order valence-corrected chi connectivity index (χ4v) is 10.4. The van der Waals surface area contributed by atoms with Gasteiger partial charge in [0.2, 0.25) is 14.2 Å². The van der Waals surface area contributed by atoms with Crippen LogP contribution in [0.15, 0.2) is 0 Å². The molecule has 0 unspecified atom stereocenters. The molecule has 1 aliphatic heterocycles. The van der Waals surface area contributed by atoms with Crippen LogP contribution in [0.2, 0.25) is 16.6 Å². The third-order valence-corrected chi connectivity index (χ3v) is 12.1. The van der Waals surface area contributed by atoms with Gasteiger partial charge in [-0.25, -0.2) is 4.79 Å². The number of esters is 1. The van der Waals surface area contributed by atoms with Crippen LogP contribution in [0.3, 0.4) is 0 Å². The summed E-state index contributed by atoms with van der Waals surface area (Å²) in [6, 6.07) is -1.36. The van der Waals surface area contributed by atoms with Crippen molar-refractivity contribution in [1.29, 1.82) is 0 Å². The second kappa shape index (κ2) is 9.53. The molecular weight excluding hydrogens is 374 g/mol. The zero-order chi connectivity index (χ0) is 20.2. The van der Waals surface area contributed by atoms with E-state index in [2.05, 4.69) is 41.5 Å². The predicted octanol–water partition coefficient (Wildman–Crippen LogP) is 2.92. The minimum Gasteiger partial charge on any atom is -0.467 e. The number of amides is 1. The molecule has 1 saturated heterocycles. The Bertz CT molecular complexity index is 478. The van der Waals surface area contributed by atoms with Crippen molar-refractivity contribution in [2.75, 3.05) is 19.6 Å². The molecule has 0 radical (unpaired) electrons. The quantitative estimate of drug-likeness (QED) is 0.380. The van der Waals surface area contributed by atoms with E-state index in [-0.39, 0.29) is 12.5 Å². The first-order valence-corrected chi connectivity index (χ1v) is 12.0. The second-order valence-corrected chi connectivity index (χ2v) is 13.6. The number of aliphatic hydroxyl groups is 1. The lowest BCUT2D eigenvalue weighted by molar-refractivity contribution is -0.151. The fraction of sp³-hybridized carbons (Fsp3) is 0.889. The normalized spacial score (nSPS) is 24.0. The smallest absolute Gasteiger partial charge is 0.328 e. The third kappa shape index (κ3) is 4.26. The minimum absolute atomic E-state index is 0.252. The largest absolute Gasteiger partial charge is 0.467 e. The van der Waals surface area contributed by atoms with Crippen molar-refractivity contribution in [3.63, 3.8) is 0 Å². The molecule has 3 atom stereocenters. The molecule has 0 aromatic rings. The zero-order valence-corrected chi connectivity index (χ0v) is 18.7. The molecule has 1 fully saturated rings. The van der Waals surface area contributed by atoms with Crippen molar-refractivity contribution < 1.29 is 23.9 Å². The van der Waals surface area contributed by atoms with E-state index in [4.69, 9.17) is 20.8 Å². The van der Waals surface area contributed by atoms with Crippen molar-refractivity contribution in [2.24, 2.45) is 0 Å². The third-order valence-electron chi connectivity index (χ3n) is 5.70. The number of alkyl halides is 1. The molecule has 1 N–H and O–H groups in total. The number of halogens is 1. The van der Waals surface area contributed by atoms with Gasteiger partial charge in [0.15, 0.2) is 0 Å². The monoisotopic (exact) mass is 407 g/mol. The Morgan fingerprint density at radius 3 is 2.00 bits per heavy atom. The first kappa shape index (κ1) is 23.4. The van der Waals surface area contributed by atoms with Gasteiger partial charge in [0.05, 0.1) is 25.9 Å². The summed E-state index contributed by atoms with van der Waals surface area (Å²) < 4.78 is 11.6. The number of methoxy groups -OCH3 is 1. The topological polar surface area (TPSA) is 76.1 Å². The van der Waals surface area contributed by atoms with E-state index in [1.54, 1.807) is 0 Å². The molecule has 1 rings (SSSR count). The van der Waals surface area contributed by atoms with Crippen LogP contribution in [0.5, 0.6) is 0 Å². The highest BCUT2D eigenvalue weighted by Crippen LogP contribution is 2.45. The molecule has 1 amide bonds. The van der Waals surface area contributed by atoms with Gasteiger partial charge in [-0.15, -0.1) is 11.6 Å². The first-order valence-electron chi connectivity index (χ1n) is 9.31. The van der Waals surface area contributed by atoms with E-state index in [0.717, 1.165) is 0 Å². The number of carbonyl (C=O) groups excluding carboxylic acids is 2. The lowest BCUT2D eigenvalue weighted by atomic mass is 10.1. The highest BCUT2D eigenvalue weighted by Gasteiger charge is 2.53. The zero-order valence-electron chi connectivity index (χ0n) is 17.0. The summed E-state index contributed by atoms with van der Waals surface area (Å²) in [6.45, 7) is 12.8. The maximum absolute atomic E-state index is 12.4. The molecule has 1 aliphatic rings. The number of rotatable bonds is 8. The Balaban J connectivity index is 3.29. The number of nitrogens with zero attached hydrogens (tertiary/aromatic N) is 1. The van der Waals surface area contributed by atoms with Gasteiger partial charge >= 0.3 is 5.97 Å². The van der Waals surface area contributed by atoms with Crippen LogP contribution in [0, 0.1) is 0 Å². The molecule has 0 aromatic carbocycles. The highest BCUT2D eigenvalue weighted by atomic mass is 35.5. The molecule has 8 heteroatoms. The predicted molar refractivity (Wildman–Crippen MR) is 105 cm³/mol. The van der Waals surface area contributed by atoms with Crippen LogP contribution >= 0.6 is 11.6 Å². The van der Waals surface area contributed by atoms with Crippen LogP contribution in [0.25, 0.3) is 0 Å². The van der Waals surface area contributed by atoms with Gasteiger partial charge in [-0.2, -0.15) is 0 Å². The number of likely N-dealkylation sites (tertiary alicyclic amines) is 1. The summed E-state index contributed by atoms with van der Waals surface area (Å²) in [4.78, 5) is 26.0. The van der Waals surface area contributed by atoms with E-state index < -0.39 is 38.4 Å². The van der Waals surface area contributed by atoms with Crippen molar-refractivity contribution in [3.05, 3.63) is 0 Å². The van der Waals surface area contributed by atoms with Crippen molar-refractivity contribution in [1.82, 2.24) is 4.90 Å². The summed E-state index contributed by atoms with van der Waals surface area (Å²) in [5.74, 6) is -1.14. The lowest BCUT2D eigenvalue weighted by Crippen LogP contribution is -2.54. The molecule has 0 aliphatic carbocycles. The molecule has 0 bridgehead atoms. The average molecular weight is 408 g/mol. The molecular formula is C18H34ClNO5Si. The van der Waals surface area contributed by atoms with Gasteiger partial charge in [-0.05, 0) is 16.6 Å². The maximum Gasteiger partial charge on any atom is 0.328 e. The number of hydrogen-bond acceptors (Lipinski definition) is 5. The van der Waals surface area contributed by atoms with E-state index in [0.29, 0.717) is 23.0 Å². The number of aliphatic hydroxyl groups excluding tert-OH is 1. The van der Waals surface area contributed by atoms with Crippen molar-refractivity contribution in [2.45, 2.75) is 82.8 Å². The number of ether oxygens (including phenoxy) is 1. The van der Waals surface area contributed by atoms with E-state index >= 15 is 0 Å². The van der Waals surface area contributed by atoms with Crippen LogP contribution in [0.4, 0.5) is 0 Å². The van der Waals surface area contributed by atoms with Gasteiger partial charge in [-0.3, -0.25) is 4.79 Å². The highest BCUT2D eigenvalue weighted by molar-refractivity contribution is 6.77. The van der Waals surface area contributed by atoms with Gasteiger partial charge in [0.1, 0.15) is 11.9 Å². The molecule has 0 spiro atoms. The van der Waals surface area contributed by atoms with Crippen molar-refractivity contribution >= 4 is 31.8 Å². The summed E-state index contributed by atoms with van der Waals surface area (Å²) in [6.07, 6.45) is -0.0864. The van der Waals surface area contributed by atoms with Crippen LogP contribution < -0.4 is 0 Å². The first-order chi connectivity index (χ1) is 12.1. The van der Waals surface area contributed by atoms with E-state index in [9.17, 15) is 14.7 Å². The maximum atomic E-state index is 12.4. The molecule has 152 valence electrons. The number of hydrogen-bond donors (Lipinski definition) is 1. The average Bonchev–Trinajstić information content (AvgIpc) is 2.95. The van der Waals surface area contributed by atoms with Gasteiger partial charge in [0.25, 0.3) is 0 Å². The molecule has 6 nitrogen and oxygen atoms in total. The minimum atomic E-state index is -2.23. The second-order valence-electron chi connectivity index (χ2n) is 7.93. The summed E-state index contributed by atoms with van der Waals surface area (Å²) in [5.41, 5.74) is 1.07. The Hall–Kier alpha value is -0.633.